The summed E-state index contributed by atoms with van der Waals surface area (Å²) in [5.41, 5.74) is 1.87. The summed E-state index contributed by atoms with van der Waals surface area (Å²) in [4.78, 5) is 8.00. The molecule has 104 valence electrons. The molecule has 1 fully saturated rings. The van der Waals surface area contributed by atoms with Crippen LogP contribution in [0.5, 0.6) is 5.75 Å². The Morgan fingerprint density at radius 3 is 2.80 bits per heavy atom. The molecular formula is C15H14F2N2O. The number of aromatic nitrogens is 2. The highest BCUT2D eigenvalue weighted by Crippen LogP contribution is 2.33. The molecule has 0 amide bonds. The van der Waals surface area contributed by atoms with Gasteiger partial charge >= 0.3 is 0 Å². The third-order valence-electron chi connectivity index (χ3n) is 3.33. The van der Waals surface area contributed by atoms with Gasteiger partial charge in [0.25, 0.3) is 0 Å². The molecule has 0 radical (unpaired) electrons. The molecule has 1 aliphatic rings. The molecule has 3 nitrogen and oxygen atoms in total. The Kier molecular flexibility index (Phi) is 3.34. The predicted molar refractivity (Wildman–Crippen MR) is 70.3 cm³/mol. The molecule has 0 atom stereocenters. The van der Waals surface area contributed by atoms with Crippen molar-refractivity contribution >= 4 is 0 Å². The van der Waals surface area contributed by atoms with Crippen LogP contribution in [0.25, 0.3) is 11.3 Å². The van der Waals surface area contributed by atoms with Crippen LogP contribution in [0.3, 0.4) is 0 Å². The number of aryl methyl sites for hydroxylation is 1. The van der Waals surface area contributed by atoms with Crippen molar-refractivity contribution in [2.24, 2.45) is 5.92 Å². The molecule has 0 N–H and O–H groups in total. The van der Waals surface area contributed by atoms with E-state index in [-0.39, 0.29) is 5.75 Å². The van der Waals surface area contributed by atoms with Gasteiger partial charge in [0.2, 0.25) is 5.82 Å². The molecule has 0 aliphatic heterocycles. The number of hydrogen-bond acceptors (Lipinski definition) is 3. The van der Waals surface area contributed by atoms with Crippen molar-refractivity contribution in [2.45, 2.75) is 19.8 Å². The molecular weight excluding hydrogens is 262 g/mol. The van der Waals surface area contributed by atoms with Gasteiger partial charge in [-0.1, -0.05) is 0 Å². The summed E-state index contributed by atoms with van der Waals surface area (Å²) >= 11 is 0. The molecule has 1 heterocycles. The minimum atomic E-state index is -0.943. The van der Waals surface area contributed by atoms with Crippen LogP contribution >= 0.6 is 0 Å². The van der Waals surface area contributed by atoms with E-state index in [1.54, 1.807) is 6.20 Å². The van der Waals surface area contributed by atoms with E-state index < -0.39 is 11.6 Å². The molecule has 20 heavy (non-hydrogen) atoms. The summed E-state index contributed by atoms with van der Waals surface area (Å²) in [5.74, 6) is -1.45. The number of benzene rings is 1. The van der Waals surface area contributed by atoms with Crippen LogP contribution in [0.2, 0.25) is 0 Å². The van der Waals surface area contributed by atoms with Crippen molar-refractivity contribution in [1.82, 2.24) is 9.97 Å². The number of ether oxygens (including phenoxy) is 1. The van der Waals surface area contributed by atoms with Gasteiger partial charge in [0.05, 0.1) is 12.3 Å². The number of nitrogens with zero attached hydrogens (tertiary/aromatic N) is 2. The third-order valence-corrected chi connectivity index (χ3v) is 3.33. The van der Waals surface area contributed by atoms with E-state index in [1.165, 1.54) is 12.4 Å². The molecule has 0 spiro atoms. The summed E-state index contributed by atoms with van der Waals surface area (Å²) in [6, 6.07) is 2.63. The molecule has 1 aliphatic carbocycles. The summed E-state index contributed by atoms with van der Waals surface area (Å²) in [5, 5.41) is 0. The van der Waals surface area contributed by atoms with Gasteiger partial charge in [-0.05, 0) is 43.4 Å². The summed E-state index contributed by atoms with van der Waals surface area (Å²) < 4.78 is 32.8. The Morgan fingerprint density at radius 2 is 2.10 bits per heavy atom. The zero-order chi connectivity index (χ0) is 14.1. The van der Waals surface area contributed by atoms with E-state index in [4.69, 9.17) is 4.74 Å². The maximum Gasteiger partial charge on any atom is 0.200 e. The highest BCUT2D eigenvalue weighted by Gasteiger charge is 2.23. The molecule has 0 saturated heterocycles. The Morgan fingerprint density at radius 1 is 1.30 bits per heavy atom. The van der Waals surface area contributed by atoms with Crippen LogP contribution in [-0.2, 0) is 0 Å². The van der Waals surface area contributed by atoms with Crippen molar-refractivity contribution in [3.8, 4) is 17.0 Å². The smallest absolute Gasteiger partial charge is 0.200 e. The third kappa shape index (κ3) is 2.61. The molecule has 1 aromatic heterocycles. The lowest BCUT2D eigenvalue weighted by molar-refractivity contribution is 0.280. The van der Waals surface area contributed by atoms with Crippen LogP contribution in [0, 0.1) is 24.5 Å². The van der Waals surface area contributed by atoms with E-state index in [2.05, 4.69) is 9.97 Å². The molecule has 2 aromatic rings. The van der Waals surface area contributed by atoms with Gasteiger partial charge in [-0.3, -0.25) is 0 Å². The first-order chi connectivity index (χ1) is 9.65. The molecule has 1 saturated carbocycles. The van der Waals surface area contributed by atoms with Crippen molar-refractivity contribution in [2.75, 3.05) is 6.61 Å². The predicted octanol–water partition coefficient (Wildman–Crippen LogP) is 3.52. The van der Waals surface area contributed by atoms with Crippen molar-refractivity contribution in [1.29, 1.82) is 0 Å². The molecule has 1 aromatic carbocycles. The number of halogens is 2. The second-order valence-corrected chi connectivity index (χ2v) is 5.08. The van der Waals surface area contributed by atoms with E-state index in [9.17, 15) is 8.78 Å². The van der Waals surface area contributed by atoms with Crippen LogP contribution in [0.15, 0.2) is 24.7 Å². The lowest BCUT2D eigenvalue weighted by atomic mass is 10.1. The fraction of sp³-hybridized carbons (Fsp3) is 0.333. The monoisotopic (exact) mass is 276 g/mol. The second-order valence-electron chi connectivity index (χ2n) is 5.08. The van der Waals surface area contributed by atoms with E-state index in [0.717, 1.165) is 24.5 Å². The van der Waals surface area contributed by atoms with Crippen LogP contribution in [-0.4, -0.2) is 16.6 Å². The number of rotatable bonds is 4. The van der Waals surface area contributed by atoms with Crippen LogP contribution in [0.1, 0.15) is 18.4 Å². The Labute approximate surface area is 115 Å². The van der Waals surface area contributed by atoms with Crippen LogP contribution < -0.4 is 4.74 Å². The first-order valence-corrected chi connectivity index (χ1v) is 6.54. The van der Waals surface area contributed by atoms with Gasteiger partial charge in [-0.25, -0.2) is 14.4 Å². The Bertz CT molecular complexity index is 642. The lowest BCUT2D eigenvalue weighted by Crippen LogP contribution is -2.03. The zero-order valence-corrected chi connectivity index (χ0v) is 11.1. The first-order valence-electron chi connectivity index (χ1n) is 6.54. The Hall–Kier alpha value is -2.04. The highest BCUT2D eigenvalue weighted by molar-refractivity contribution is 5.64. The van der Waals surface area contributed by atoms with Gasteiger partial charge in [-0.2, -0.15) is 4.39 Å². The largest absolute Gasteiger partial charge is 0.490 e. The van der Waals surface area contributed by atoms with Crippen molar-refractivity contribution in [3.63, 3.8) is 0 Å². The second kappa shape index (κ2) is 5.15. The fourth-order valence-electron chi connectivity index (χ4n) is 2.00. The highest BCUT2D eigenvalue weighted by atomic mass is 19.2. The number of hydrogen-bond donors (Lipinski definition) is 0. The molecule has 3 rings (SSSR count). The molecule has 0 bridgehead atoms. The average Bonchev–Trinajstić information content (AvgIpc) is 3.25. The minimum Gasteiger partial charge on any atom is -0.490 e. The van der Waals surface area contributed by atoms with Gasteiger partial charge in [-0.15, -0.1) is 0 Å². The average molecular weight is 276 g/mol. The van der Waals surface area contributed by atoms with E-state index in [1.807, 2.05) is 6.92 Å². The zero-order valence-electron chi connectivity index (χ0n) is 11.1. The summed E-state index contributed by atoms with van der Waals surface area (Å²) in [7, 11) is 0. The molecule has 5 heteroatoms. The van der Waals surface area contributed by atoms with Gasteiger partial charge in [0.15, 0.2) is 11.6 Å². The molecule has 0 unspecified atom stereocenters. The van der Waals surface area contributed by atoms with Crippen molar-refractivity contribution in [3.05, 3.63) is 41.9 Å². The van der Waals surface area contributed by atoms with Crippen molar-refractivity contribution < 1.29 is 13.5 Å². The SMILES string of the molecule is Cc1cncnc1-c1cc(F)c(F)c(OCC2CC2)c1. The Balaban J connectivity index is 1.96. The fourth-order valence-corrected chi connectivity index (χ4v) is 2.00. The maximum absolute atomic E-state index is 13.7. The van der Waals surface area contributed by atoms with Gasteiger partial charge < -0.3 is 4.74 Å². The lowest BCUT2D eigenvalue weighted by Gasteiger charge is -2.10. The van der Waals surface area contributed by atoms with E-state index in [0.29, 0.717) is 23.8 Å². The van der Waals surface area contributed by atoms with Gasteiger partial charge in [0.1, 0.15) is 6.33 Å². The standard InChI is InChI=1S/C15H14F2N2O/c1-9-6-18-8-19-15(9)11-4-12(16)14(17)13(5-11)20-7-10-2-3-10/h4-6,8,10H,2-3,7H2,1H3. The first kappa shape index (κ1) is 13.0. The summed E-state index contributed by atoms with van der Waals surface area (Å²) in [6.07, 6.45) is 5.20. The van der Waals surface area contributed by atoms with Crippen LogP contribution in [0.4, 0.5) is 8.78 Å². The minimum absolute atomic E-state index is 0.0510. The van der Waals surface area contributed by atoms with Gasteiger partial charge in [0, 0.05) is 11.8 Å². The normalized spacial score (nSPS) is 14.3. The summed E-state index contributed by atoms with van der Waals surface area (Å²) in [6.45, 7) is 2.25. The van der Waals surface area contributed by atoms with E-state index >= 15 is 0 Å². The topological polar surface area (TPSA) is 35.0 Å². The quantitative estimate of drug-likeness (QED) is 0.857. The maximum atomic E-state index is 13.7.